The Morgan fingerprint density at radius 2 is 2.60 bits per heavy atom. The lowest BCUT2D eigenvalue weighted by Crippen LogP contribution is -1.96. The zero-order chi connectivity index (χ0) is 7.40. The van der Waals surface area contributed by atoms with Crippen LogP contribution in [0.25, 0.3) is 0 Å². The number of hydrogen-bond donors (Lipinski definition) is 1. The number of oxazole rings is 1. The zero-order valence-electron chi connectivity index (χ0n) is 5.83. The Hall–Kier alpha value is -0.870. The van der Waals surface area contributed by atoms with E-state index >= 15 is 0 Å². The van der Waals surface area contributed by atoms with E-state index in [0.717, 1.165) is 5.69 Å². The Kier molecular flexibility index (Phi) is 2.42. The Labute approximate surface area is 59.0 Å². The van der Waals surface area contributed by atoms with E-state index in [9.17, 15) is 0 Å². The van der Waals surface area contributed by atoms with Gasteiger partial charge in [-0.05, 0) is 0 Å². The SMILES string of the molecule is COCc1nc(CN)co1. The lowest BCUT2D eigenvalue weighted by molar-refractivity contribution is 0.159. The normalized spacial score (nSPS) is 10.2. The number of nitrogens with two attached hydrogens (primary N) is 1. The molecule has 0 aliphatic carbocycles. The fourth-order valence-electron chi connectivity index (χ4n) is 0.632. The molecule has 0 atom stereocenters. The first kappa shape index (κ1) is 7.24. The van der Waals surface area contributed by atoms with Crippen LogP contribution in [0.1, 0.15) is 11.6 Å². The number of aromatic nitrogens is 1. The summed E-state index contributed by atoms with van der Waals surface area (Å²) < 4.78 is 9.77. The van der Waals surface area contributed by atoms with Crippen LogP contribution in [0.5, 0.6) is 0 Å². The summed E-state index contributed by atoms with van der Waals surface area (Å²) in [6, 6.07) is 0. The van der Waals surface area contributed by atoms with E-state index in [1.54, 1.807) is 7.11 Å². The second-order valence-corrected chi connectivity index (χ2v) is 1.87. The second-order valence-electron chi connectivity index (χ2n) is 1.87. The molecule has 0 spiro atoms. The lowest BCUT2D eigenvalue weighted by Gasteiger charge is -1.88. The molecule has 0 saturated carbocycles. The Bertz CT molecular complexity index is 197. The molecule has 1 aromatic heterocycles. The van der Waals surface area contributed by atoms with Crippen LogP contribution in [0.4, 0.5) is 0 Å². The summed E-state index contributed by atoms with van der Waals surface area (Å²) in [6.07, 6.45) is 1.54. The molecule has 0 unspecified atom stereocenters. The molecular formula is C6H10N2O2. The van der Waals surface area contributed by atoms with E-state index in [2.05, 4.69) is 4.98 Å². The van der Waals surface area contributed by atoms with Crippen LogP contribution < -0.4 is 5.73 Å². The van der Waals surface area contributed by atoms with Gasteiger partial charge in [-0.3, -0.25) is 0 Å². The molecule has 56 valence electrons. The summed E-state index contributed by atoms with van der Waals surface area (Å²) in [6.45, 7) is 0.813. The molecule has 2 N–H and O–H groups in total. The lowest BCUT2D eigenvalue weighted by atomic mass is 10.5. The topological polar surface area (TPSA) is 61.3 Å². The molecule has 0 aliphatic rings. The highest BCUT2D eigenvalue weighted by molar-refractivity contribution is 4.94. The molecule has 0 aromatic carbocycles. The molecule has 0 aliphatic heterocycles. The average molecular weight is 142 g/mol. The molecule has 4 nitrogen and oxygen atoms in total. The van der Waals surface area contributed by atoms with Crippen molar-refractivity contribution in [2.75, 3.05) is 7.11 Å². The fraction of sp³-hybridized carbons (Fsp3) is 0.500. The van der Waals surface area contributed by atoms with Gasteiger partial charge in [0.2, 0.25) is 5.89 Å². The van der Waals surface area contributed by atoms with Gasteiger partial charge in [-0.2, -0.15) is 0 Å². The molecule has 10 heavy (non-hydrogen) atoms. The van der Waals surface area contributed by atoms with Crippen molar-refractivity contribution in [2.24, 2.45) is 5.73 Å². The van der Waals surface area contributed by atoms with Gasteiger partial charge in [0.05, 0.1) is 5.69 Å². The van der Waals surface area contributed by atoms with Gasteiger partial charge in [-0.15, -0.1) is 0 Å². The molecular weight excluding hydrogens is 132 g/mol. The van der Waals surface area contributed by atoms with Crippen molar-refractivity contribution in [2.45, 2.75) is 13.2 Å². The van der Waals surface area contributed by atoms with Gasteiger partial charge >= 0.3 is 0 Å². The highest BCUT2D eigenvalue weighted by Gasteiger charge is 1.99. The molecule has 4 heteroatoms. The van der Waals surface area contributed by atoms with Crippen LogP contribution in [0, 0.1) is 0 Å². The van der Waals surface area contributed by atoms with Gasteiger partial charge in [0.15, 0.2) is 0 Å². The molecule has 0 radical (unpaired) electrons. The third-order valence-electron chi connectivity index (χ3n) is 1.08. The molecule has 0 fully saturated rings. The largest absolute Gasteiger partial charge is 0.446 e. The zero-order valence-corrected chi connectivity index (χ0v) is 5.83. The standard InChI is InChI=1S/C6H10N2O2/c1-9-4-6-8-5(2-7)3-10-6/h3H,2,4,7H2,1H3. The van der Waals surface area contributed by atoms with Crippen molar-refractivity contribution in [3.63, 3.8) is 0 Å². The van der Waals surface area contributed by atoms with Crippen molar-refractivity contribution in [3.05, 3.63) is 17.8 Å². The van der Waals surface area contributed by atoms with Crippen LogP contribution in [0.15, 0.2) is 10.7 Å². The number of hydrogen-bond acceptors (Lipinski definition) is 4. The van der Waals surface area contributed by atoms with Gasteiger partial charge in [0.25, 0.3) is 0 Å². The molecule has 1 aromatic rings. The number of rotatable bonds is 3. The number of methoxy groups -OCH3 is 1. The fourth-order valence-corrected chi connectivity index (χ4v) is 0.632. The average Bonchev–Trinajstić information content (AvgIpc) is 2.37. The van der Waals surface area contributed by atoms with E-state index in [4.69, 9.17) is 14.9 Å². The maximum absolute atomic E-state index is 5.30. The van der Waals surface area contributed by atoms with E-state index in [0.29, 0.717) is 19.0 Å². The van der Waals surface area contributed by atoms with E-state index in [1.807, 2.05) is 0 Å². The van der Waals surface area contributed by atoms with Crippen LogP contribution in [0.3, 0.4) is 0 Å². The third kappa shape index (κ3) is 1.55. The summed E-state index contributed by atoms with van der Waals surface area (Å²) in [5.41, 5.74) is 6.05. The van der Waals surface area contributed by atoms with Gasteiger partial charge < -0.3 is 14.9 Å². The van der Waals surface area contributed by atoms with Crippen LogP contribution >= 0.6 is 0 Å². The molecule has 1 rings (SSSR count). The van der Waals surface area contributed by atoms with Crippen LogP contribution in [0.2, 0.25) is 0 Å². The van der Waals surface area contributed by atoms with Crippen molar-refractivity contribution in [1.29, 1.82) is 0 Å². The highest BCUT2D eigenvalue weighted by atomic mass is 16.5. The minimum absolute atomic E-state index is 0.403. The Morgan fingerprint density at radius 3 is 3.10 bits per heavy atom. The van der Waals surface area contributed by atoms with E-state index in [-0.39, 0.29) is 0 Å². The van der Waals surface area contributed by atoms with E-state index < -0.39 is 0 Å². The summed E-state index contributed by atoms with van der Waals surface area (Å²) in [7, 11) is 1.59. The third-order valence-corrected chi connectivity index (χ3v) is 1.08. The number of nitrogens with zero attached hydrogens (tertiary/aromatic N) is 1. The summed E-state index contributed by atoms with van der Waals surface area (Å²) in [5, 5.41) is 0. The predicted octanol–water partition coefficient (Wildman–Crippen LogP) is 0.280. The molecule has 0 amide bonds. The van der Waals surface area contributed by atoms with Crippen molar-refractivity contribution >= 4 is 0 Å². The van der Waals surface area contributed by atoms with Gasteiger partial charge in [-0.1, -0.05) is 0 Å². The minimum Gasteiger partial charge on any atom is -0.446 e. The van der Waals surface area contributed by atoms with Gasteiger partial charge in [0, 0.05) is 13.7 Å². The quantitative estimate of drug-likeness (QED) is 0.658. The summed E-state index contributed by atoms with van der Waals surface area (Å²) in [5.74, 6) is 0.572. The molecule has 1 heterocycles. The first-order chi connectivity index (χ1) is 4.86. The van der Waals surface area contributed by atoms with Crippen molar-refractivity contribution in [1.82, 2.24) is 4.98 Å². The van der Waals surface area contributed by atoms with Gasteiger partial charge in [0.1, 0.15) is 12.9 Å². The predicted molar refractivity (Wildman–Crippen MR) is 35.1 cm³/mol. The molecule has 0 saturated heterocycles. The maximum atomic E-state index is 5.30. The van der Waals surface area contributed by atoms with Crippen molar-refractivity contribution < 1.29 is 9.15 Å². The monoisotopic (exact) mass is 142 g/mol. The maximum Gasteiger partial charge on any atom is 0.220 e. The highest BCUT2D eigenvalue weighted by Crippen LogP contribution is 2.01. The first-order valence-corrected chi connectivity index (χ1v) is 2.99. The van der Waals surface area contributed by atoms with Crippen LogP contribution in [-0.2, 0) is 17.9 Å². The summed E-state index contributed by atoms with van der Waals surface area (Å²) >= 11 is 0. The van der Waals surface area contributed by atoms with Gasteiger partial charge in [-0.25, -0.2) is 4.98 Å². The van der Waals surface area contributed by atoms with E-state index in [1.165, 1.54) is 6.26 Å². The van der Waals surface area contributed by atoms with Crippen LogP contribution in [-0.4, -0.2) is 12.1 Å². The first-order valence-electron chi connectivity index (χ1n) is 2.99. The Morgan fingerprint density at radius 1 is 1.80 bits per heavy atom. The minimum atomic E-state index is 0.403. The second kappa shape index (κ2) is 3.34. The summed E-state index contributed by atoms with van der Waals surface area (Å²) in [4.78, 5) is 4.00. The molecule has 0 bridgehead atoms. The smallest absolute Gasteiger partial charge is 0.220 e. The van der Waals surface area contributed by atoms with Crippen molar-refractivity contribution in [3.8, 4) is 0 Å². The number of ether oxygens (including phenoxy) is 1. The Balaban J connectivity index is 2.59.